The van der Waals surface area contributed by atoms with Crippen molar-refractivity contribution in [3.8, 4) is 0 Å². The second kappa shape index (κ2) is 6.31. The Morgan fingerprint density at radius 1 is 1.36 bits per heavy atom. The zero-order valence-electron chi connectivity index (χ0n) is 14.4. The third-order valence-electron chi connectivity index (χ3n) is 4.74. The molecule has 25 heavy (non-hydrogen) atoms. The van der Waals surface area contributed by atoms with E-state index in [0.29, 0.717) is 22.9 Å². The fourth-order valence-corrected chi connectivity index (χ4v) is 3.49. The second-order valence-electron chi connectivity index (χ2n) is 6.78. The topological polar surface area (TPSA) is 65.2 Å². The minimum Gasteiger partial charge on any atom is -0.455 e. The highest BCUT2D eigenvalue weighted by molar-refractivity contribution is 6.05. The lowest BCUT2D eigenvalue weighted by atomic mass is 9.84. The van der Waals surface area contributed by atoms with Crippen LogP contribution in [0.1, 0.15) is 46.4 Å². The molecular formula is C20H20N2O3. The lowest BCUT2D eigenvalue weighted by molar-refractivity contribution is 0.0464. The van der Waals surface area contributed by atoms with Gasteiger partial charge in [0.15, 0.2) is 0 Å². The van der Waals surface area contributed by atoms with E-state index >= 15 is 0 Å². The molecule has 0 radical (unpaired) electrons. The molecule has 5 nitrogen and oxygen atoms in total. The molecule has 1 atom stereocenters. The summed E-state index contributed by atoms with van der Waals surface area (Å²) in [7, 11) is 0. The Balaban J connectivity index is 1.73. The molecule has 2 aromatic heterocycles. The Kier molecular flexibility index (Phi) is 3.99. The van der Waals surface area contributed by atoms with Gasteiger partial charge in [0.05, 0.1) is 11.1 Å². The number of aromatic nitrogens is 2. The van der Waals surface area contributed by atoms with Gasteiger partial charge in [0.1, 0.15) is 18.1 Å². The predicted octanol–water partition coefficient (Wildman–Crippen LogP) is 4.01. The number of fused-ring (bicyclic) bond motifs is 2. The van der Waals surface area contributed by atoms with E-state index in [1.807, 2.05) is 31.2 Å². The van der Waals surface area contributed by atoms with Crippen LogP contribution in [0.5, 0.6) is 0 Å². The van der Waals surface area contributed by atoms with Crippen LogP contribution in [0.3, 0.4) is 0 Å². The van der Waals surface area contributed by atoms with Crippen LogP contribution >= 0.6 is 0 Å². The predicted molar refractivity (Wildman–Crippen MR) is 93.3 cm³/mol. The van der Waals surface area contributed by atoms with Crippen LogP contribution in [-0.2, 0) is 24.2 Å². The van der Waals surface area contributed by atoms with E-state index < -0.39 is 0 Å². The van der Waals surface area contributed by atoms with Crippen LogP contribution in [0.25, 0.3) is 10.9 Å². The second-order valence-corrected chi connectivity index (χ2v) is 6.78. The number of hydrogen-bond donors (Lipinski definition) is 0. The highest BCUT2D eigenvalue weighted by Gasteiger charge is 2.26. The summed E-state index contributed by atoms with van der Waals surface area (Å²) in [6.07, 6.45) is 2.87. The molecule has 5 heteroatoms. The average Bonchev–Trinajstić information content (AvgIpc) is 3.03. The molecule has 0 bridgehead atoms. The number of benzene rings is 1. The number of para-hydroxylation sites is 1. The third kappa shape index (κ3) is 3.02. The standard InChI is InChI=1S/C20H20N2O3/c1-12-7-8-18-16(9-12)19(15-5-3-4-6-17(15)21-18)20(23)24-11-14-10-13(2)25-22-14/h3-6,10,12H,7-9,11H2,1-2H3/t12-/m0/s1. The maximum atomic E-state index is 12.9. The van der Waals surface area contributed by atoms with E-state index in [1.54, 1.807) is 6.07 Å². The van der Waals surface area contributed by atoms with Crippen LogP contribution in [0.15, 0.2) is 34.9 Å². The fourth-order valence-electron chi connectivity index (χ4n) is 3.49. The van der Waals surface area contributed by atoms with E-state index in [-0.39, 0.29) is 12.6 Å². The normalized spacial score (nSPS) is 16.6. The Hall–Kier alpha value is -2.69. The largest absolute Gasteiger partial charge is 0.455 e. The summed E-state index contributed by atoms with van der Waals surface area (Å²) in [5.74, 6) is 0.927. The molecule has 0 unspecified atom stereocenters. The molecule has 0 amide bonds. The smallest absolute Gasteiger partial charge is 0.339 e. The van der Waals surface area contributed by atoms with Crippen molar-refractivity contribution in [3.63, 3.8) is 0 Å². The summed E-state index contributed by atoms with van der Waals surface area (Å²) in [6, 6.07) is 9.54. The van der Waals surface area contributed by atoms with E-state index in [2.05, 4.69) is 12.1 Å². The molecule has 0 aliphatic heterocycles. The molecule has 2 heterocycles. The molecule has 0 N–H and O–H groups in total. The summed E-state index contributed by atoms with van der Waals surface area (Å²) in [4.78, 5) is 17.7. The lowest BCUT2D eigenvalue weighted by Gasteiger charge is -2.24. The zero-order valence-corrected chi connectivity index (χ0v) is 14.4. The van der Waals surface area contributed by atoms with Crippen LogP contribution in [0, 0.1) is 12.8 Å². The minimum atomic E-state index is -0.315. The number of rotatable bonds is 3. The number of hydrogen-bond acceptors (Lipinski definition) is 5. The monoisotopic (exact) mass is 336 g/mol. The van der Waals surface area contributed by atoms with E-state index in [1.165, 1.54) is 0 Å². The van der Waals surface area contributed by atoms with E-state index in [0.717, 1.165) is 41.4 Å². The van der Waals surface area contributed by atoms with Gasteiger partial charge in [-0.3, -0.25) is 4.98 Å². The summed E-state index contributed by atoms with van der Waals surface area (Å²) < 4.78 is 10.6. The SMILES string of the molecule is Cc1cc(COC(=O)c2c3c(nc4ccccc24)CC[C@H](C)C3)no1. The van der Waals surface area contributed by atoms with Crippen LogP contribution in [0.4, 0.5) is 0 Å². The first-order valence-corrected chi connectivity index (χ1v) is 8.61. The van der Waals surface area contributed by atoms with Gasteiger partial charge in [0, 0.05) is 17.1 Å². The Bertz CT molecular complexity index is 945. The van der Waals surface area contributed by atoms with Crippen molar-refractivity contribution >= 4 is 16.9 Å². The molecule has 1 aliphatic carbocycles. The van der Waals surface area contributed by atoms with Crippen molar-refractivity contribution in [1.82, 2.24) is 10.1 Å². The number of carbonyl (C=O) groups excluding carboxylic acids is 1. The fraction of sp³-hybridized carbons (Fsp3) is 0.350. The van der Waals surface area contributed by atoms with Crippen LogP contribution in [-0.4, -0.2) is 16.1 Å². The summed E-state index contributed by atoms with van der Waals surface area (Å²) in [5, 5.41) is 4.74. The van der Waals surface area contributed by atoms with Crippen molar-refractivity contribution in [2.45, 2.75) is 39.7 Å². The molecule has 0 saturated carbocycles. The minimum absolute atomic E-state index is 0.108. The first-order valence-electron chi connectivity index (χ1n) is 8.61. The van der Waals surface area contributed by atoms with Crippen molar-refractivity contribution in [2.75, 3.05) is 0 Å². The number of ether oxygens (including phenoxy) is 1. The van der Waals surface area contributed by atoms with Crippen molar-refractivity contribution < 1.29 is 14.1 Å². The molecule has 4 rings (SSSR count). The molecule has 0 spiro atoms. The summed E-state index contributed by atoms with van der Waals surface area (Å²) >= 11 is 0. The van der Waals surface area contributed by atoms with Gasteiger partial charge in [-0.2, -0.15) is 0 Å². The number of nitrogens with zero attached hydrogens (tertiary/aromatic N) is 2. The summed E-state index contributed by atoms with van der Waals surface area (Å²) in [5.41, 5.74) is 4.19. The molecule has 1 aliphatic rings. The Labute approximate surface area is 146 Å². The highest BCUT2D eigenvalue weighted by atomic mass is 16.5. The Morgan fingerprint density at radius 2 is 2.20 bits per heavy atom. The van der Waals surface area contributed by atoms with Gasteiger partial charge in [-0.15, -0.1) is 0 Å². The van der Waals surface area contributed by atoms with E-state index in [4.69, 9.17) is 14.2 Å². The van der Waals surface area contributed by atoms with Gasteiger partial charge in [-0.25, -0.2) is 4.79 Å². The Morgan fingerprint density at radius 3 is 3.00 bits per heavy atom. The number of carbonyl (C=O) groups is 1. The summed E-state index contributed by atoms with van der Waals surface area (Å²) in [6.45, 7) is 4.13. The van der Waals surface area contributed by atoms with Gasteiger partial charge >= 0.3 is 5.97 Å². The molecule has 0 saturated heterocycles. The molecule has 3 aromatic rings. The molecule has 128 valence electrons. The van der Waals surface area contributed by atoms with Crippen molar-refractivity contribution in [3.05, 3.63) is 58.6 Å². The molecule has 1 aromatic carbocycles. The average molecular weight is 336 g/mol. The maximum Gasteiger partial charge on any atom is 0.339 e. The first-order chi connectivity index (χ1) is 12.1. The van der Waals surface area contributed by atoms with Gasteiger partial charge in [0.25, 0.3) is 0 Å². The quantitative estimate of drug-likeness (QED) is 0.676. The number of pyridine rings is 1. The van der Waals surface area contributed by atoms with Crippen LogP contribution in [0.2, 0.25) is 0 Å². The molecule has 0 fully saturated rings. The van der Waals surface area contributed by atoms with E-state index in [9.17, 15) is 4.79 Å². The zero-order chi connectivity index (χ0) is 17.4. The third-order valence-corrected chi connectivity index (χ3v) is 4.74. The van der Waals surface area contributed by atoms with Crippen molar-refractivity contribution in [1.29, 1.82) is 0 Å². The highest BCUT2D eigenvalue weighted by Crippen LogP contribution is 2.32. The number of aryl methyl sites for hydroxylation is 2. The lowest BCUT2D eigenvalue weighted by Crippen LogP contribution is -2.19. The van der Waals surface area contributed by atoms with Gasteiger partial charge in [-0.05, 0) is 43.7 Å². The van der Waals surface area contributed by atoms with Gasteiger partial charge in [0.2, 0.25) is 0 Å². The first kappa shape index (κ1) is 15.8. The maximum absolute atomic E-state index is 12.9. The molecular weight excluding hydrogens is 316 g/mol. The van der Waals surface area contributed by atoms with Crippen molar-refractivity contribution in [2.24, 2.45) is 5.92 Å². The van der Waals surface area contributed by atoms with Crippen LogP contribution < -0.4 is 0 Å². The van der Waals surface area contributed by atoms with Gasteiger partial charge < -0.3 is 9.26 Å². The van der Waals surface area contributed by atoms with Gasteiger partial charge in [-0.1, -0.05) is 30.3 Å². The number of esters is 1.